The van der Waals surface area contributed by atoms with E-state index in [0.29, 0.717) is 12.0 Å². The zero-order valence-electron chi connectivity index (χ0n) is 17.5. The third kappa shape index (κ3) is 5.80. The van der Waals surface area contributed by atoms with Crippen LogP contribution in [0.15, 0.2) is 84.9 Å². The molecule has 0 aliphatic heterocycles. The maximum atomic E-state index is 13.1. The Labute approximate surface area is 178 Å². The fourth-order valence-corrected chi connectivity index (χ4v) is 3.33. The first-order valence-electron chi connectivity index (χ1n) is 10.4. The van der Waals surface area contributed by atoms with Crippen LogP contribution in [0.4, 0.5) is 0 Å². The lowest BCUT2D eigenvalue weighted by Crippen LogP contribution is -2.48. The Morgan fingerprint density at radius 3 is 1.97 bits per heavy atom. The number of carbonyl (C=O) groups excluding carboxylic acids is 2. The van der Waals surface area contributed by atoms with Crippen LogP contribution >= 0.6 is 0 Å². The molecular weight excluding hydrogens is 372 g/mol. The lowest BCUT2D eigenvalue weighted by molar-refractivity contribution is -0.123. The van der Waals surface area contributed by atoms with Crippen molar-refractivity contribution in [2.24, 2.45) is 0 Å². The van der Waals surface area contributed by atoms with E-state index >= 15 is 0 Å². The van der Waals surface area contributed by atoms with E-state index in [1.807, 2.05) is 79.7 Å². The molecule has 3 rings (SSSR count). The molecule has 0 fully saturated rings. The van der Waals surface area contributed by atoms with Crippen LogP contribution in [0.3, 0.4) is 0 Å². The molecule has 3 aromatic rings. The van der Waals surface area contributed by atoms with Crippen LogP contribution in [0.2, 0.25) is 0 Å². The van der Waals surface area contributed by atoms with E-state index in [1.165, 1.54) is 5.56 Å². The van der Waals surface area contributed by atoms with Crippen molar-refractivity contribution < 1.29 is 9.59 Å². The smallest absolute Gasteiger partial charge is 0.251 e. The normalized spacial score (nSPS) is 12.6. The van der Waals surface area contributed by atoms with E-state index in [-0.39, 0.29) is 17.9 Å². The molecule has 0 aliphatic rings. The average Bonchev–Trinajstić information content (AvgIpc) is 2.79. The first-order chi connectivity index (χ1) is 14.6. The first-order valence-corrected chi connectivity index (χ1v) is 10.4. The highest BCUT2D eigenvalue weighted by Crippen LogP contribution is 2.13. The molecule has 154 valence electrons. The molecule has 2 N–H and O–H groups in total. The van der Waals surface area contributed by atoms with Crippen LogP contribution in [-0.2, 0) is 17.6 Å². The molecule has 0 heterocycles. The molecule has 2 atom stereocenters. The largest absolute Gasteiger partial charge is 0.348 e. The summed E-state index contributed by atoms with van der Waals surface area (Å²) in [5.41, 5.74) is 3.73. The number of benzene rings is 3. The maximum Gasteiger partial charge on any atom is 0.251 e. The summed E-state index contributed by atoms with van der Waals surface area (Å²) in [7, 11) is 0. The third-order valence-corrected chi connectivity index (χ3v) is 5.19. The number of carbonyl (C=O) groups is 2. The highest BCUT2D eigenvalue weighted by Gasteiger charge is 2.23. The van der Waals surface area contributed by atoms with Gasteiger partial charge < -0.3 is 10.6 Å². The van der Waals surface area contributed by atoms with Crippen molar-refractivity contribution in [2.45, 2.75) is 38.8 Å². The van der Waals surface area contributed by atoms with Crippen LogP contribution in [0.25, 0.3) is 0 Å². The molecule has 3 aromatic carbocycles. The lowest BCUT2D eigenvalue weighted by atomic mass is 10.0. The van der Waals surface area contributed by atoms with Gasteiger partial charge in [-0.15, -0.1) is 0 Å². The molecule has 0 saturated carbocycles. The van der Waals surface area contributed by atoms with Gasteiger partial charge in [0.1, 0.15) is 6.04 Å². The summed E-state index contributed by atoms with van der Waals surface area (Å²) in [6.07, 6.45) is 1.34. The van der Waals surface area contributed by atoms with Gasteiger partial charge in [-0.1, -0.05) is 79.7 Å². The highest BCUT2D eigenvalue weighted by molar-refractivity contribution is 5.97. The van der Waals surface area contributed by atoms with Gasteiger partial charge in [0.2, 0.25) is 5.91 Å². The molecule has 4 heteroatoms. The zero-order chi connectivity index (χ0) is 21.3. The maximum absolute atomic E-state index is 13.1. The fraction of sp³-hybridized carbons (Fsp3) is 0.231. The molecule has 2 unspecified atom stereocenters. The summed E-state index contributed by atoms with van der Waals surface area (Å²) in [4.78, 5) is 25.9. The van der Waals surface area contributed by atoms with Crippen LogP contribution in [0.5, 0.6) is 0 Å². The third-order valence-electron chi connectivity index (χ3n) is 5.19. The number of nitrogens with one attached hydrogen (secondary N) is 2. The van der Waals surface area contributed by atoms with Crippen molar-refractivity contribution in [1.82, 2.24) is 10.6 Å². The molecule has 2 amide bonds. The molecule has 0 saturated heterocycles. The quantitative estimate of drug-likeness (QED) is 0.586. The molecular formula is C26H28N2O2. The second-order valence-electron chi connectivity index (χ2n) is 7.41. The Bertz CT molecular complexity index is 953. The van der Waals surface area contributed by atoms with E-state index in [1.54, 1.807) is 12.1 Å². The van der Waals surface area contributed by atoms with Gasteiger partial charge in [0.15, 0.2) is 0 Å². The van der Waals surface area contributed by atoms with Gasteiger partial charge >= 0.3 is 0 Å². The van der Waals surface area contributed by atoms with E-state index < -0.39 is 6.04 Å². The Kier molecular flexibility index (Phi) is 7.39. The summed E-state index contributed by atoms with van der Waals surface area (Å²) in [6.45, 7) is 4.02. The van der Waals surface area contributed by atoms with Crippen molar-refractivity contribution in [3.8, 4) is 0 Å². The standard InChI is InChI=1S/C26H28N2O2/c1-3-20-14-16-23(17-15-20)25(29)28-24(18-21-10-6-4-7-11-21)26(30)27-19(2)22-12-8-5-9-13-22/h4-17,19,24H,3,18H2,1-2H3,(H,27,30)(H,28,29). The monoisotopic (exact) mass is 400 g/mol. The predicted molar refractivity (Wildman–Crippen MR) is 120 cm³/mol. The van der Waals surface area contributed by atoms with E-state index in [0.717, 1.165) is 17.5 Å². The Morgan fingerprint density at radius 1 is 0.767 bits per heavy atom. The van der Waals surface area contributed by atoms with Crippen LogP contribution < -0.4 is 10.6 Å². The number of hydrogen-bond donors (Lipinski definition) is 2. The molecule has 0 aromatic heterocycles. The molecule has 0 bridgehead atoms. The summed E-state index contributed by atoms with van der Waals surface area (Å²) in [5, 5.41) is 5.96. The van der Waals surface area contributed by atoms with Crippen molar-refractivity contribution >= 4 is 11.8 Å². The predicted octanol–water partition coefficient (Wildman–Crippen LogP) is 4.47. The van der Waals surface area contributed by atoms with Gasteiger partial charge in [-0.25, -0.2) is 0 Å². The fourth-order valence-electron chi connectivity index (χ4n) is 3.33. The van der Waals surface area contributed by atoms with Crippen molar-refractivity contribution in [1.29, 1.82) is 0 Å². The minimum absolute atomic E-state index is 0.155. The summed E-state index contributed by atoms with van der Waals surface area (Å²) in [5.74, 6) is -0.449. The molecule has 0 aliphatic carbocycles. The summed E-state index contributed by atoms with van der Waals surface area (Å²) in [6, 6.07) is 26.2. The Hall–Kier alpha value is -3.40. The molecule has 0 spiro atoms. The minimum Gasteiger partial charge on any atom is -0.348 e. The van der Waals surface area contributed by atoms with Crippen molar-refractivity contribution in [2.75, 3.05) is 0 Å². The number of hydrogen-bond acceptors (Lipinski definition) is 2. The second-order valence-corrected chi connectivity index (χ2v) is 7.41. The summed E-state index contributed by atoms with van der Waals surface area (Å²) >= 11 is 0. The van der Waals surface area contributed by atoms with Gasteiger partial charge in [-0.2, -0.15) is 0 Å². The number of rotatable bonds is 8. The van der Waals surface area contributed by atoms with Crippen LogP contribution in [-0.4, -0.2) is 17.9 Å². The highest BCUT2D eigenvalue weighted by atomic mass is 16.2. The SMILES string of the molecule is CCc1ccc(C(=O)NC(Cc2ccccc2)C(=O)NC(C)c2ccccc2)cc1. The zero-order valence-corrected chi connectivity index (χ0v) is 17.5. The Morgan fingerprint density at radius 2 is 1.37 bits per heavy atom. The Balaban J connectivity index is 1.75. The first kappa shape index (κ1) is 21.3. The van der Waals surface area contributed by atoms with Gasteiger partial charge in [-0.05, 0) is 42.2 Å². The van der Waals surface area contributed by atoms with Gasteiger partial charge in [0.25, 0.3) is 5.91 Å². The van der Waals surface area contributed by atoms with E-state index in [2.05, 4.69) is 17.6 Å². The topological polar surface area (TPSA) is 58.2 Å². The van der Waals surface area contributed by atoms with Crippen LogP contribution in [0, 0.1) is 0 Å². The second kappa shape index (κ2) is 10.4. The van der Waals surface area contributed by atoms with E-state index in [9.17, 15) is 9.59 Å². The lowest BCUT2D eigenvalue weighted by Gasteiger charge is -2.22. The van der Waals surface area contributed by atoms with Gasteiger partial charge in [0, 0.05) is 12.0 Å². The van der Waals surface area contributed by atoms with Gasteiger partial charge in [-0.3, -0.25) is 9.59 Å². The van der Waals surface area contributed by atoms with Gasteiger partial charge in [0.05, 0.1) is 6.04 Å². The van der Waals surface area contributed by atoms with Crippen molar-refractivity contribution in [3.05, 3.63) is 107 Å². The summed E-state index contributed by atoms with van der Waals surface area (Å²) < 4.78 is 0. The number of amides is 2. The number of aryl methyl sites for hydroxylation is 1. The van der Waals surface area contributed by atoms with E-state index in [4.69, 9.17) is 0 Å². The average molecular weight is 401 g/mol. The van der Waals surface area contributed by atoms with Crippen LogP contribution in [0.1, 0.15) is 46.9 Å². The molecule has 30 heavy (non-hydrogen) atoms. The minimum atomic E-state index is -0.670. The molecule has 4 nitrogen and oxygen atoms in total. The molecule has 0 radical (unpaired) electrons. The van der Waals surface area contributed by atoms with Crippen molar-refractivity contribution in [3.63, 3.8) is 0 Å².